The fraction of sp³-hybridized carbons (Fsp3) is 0.100. The first-order valence-electron chi connectivity index (χ1n) is 3.62. The van der Waals surface area contributed by atoms with Crippen LogP contribution in [0.4, 0.5) is 5.69 Å². The number of rotatable bonds is 2. The number of hydrogen-bond donors (Lipinski definition) is 1. The molecular weight excluding hydrogens is 150 g/mol. The first kappa shape index (κ1) is 8.51. The van der Waals surface area contributed by atoms with Crippen LogP contribution in [0.25, 0.3) is 10.9 Å². The van der Waals surface area contributed by atoms with Crippen molar-refractivity contribution in [1.29, 1.82) is 0 Å². The molecule has 0 aliphatic carbocycles. The summed E-state index contributed by atoms with van der Waals surface area (Å²) in [6.07, 6.45) is 3.47. The summed E-state index contributed by atoms with van der Waals surface area (Å²) >= 11 is 0. The lowest BCUT2D eigenvalue weighted by Crippen LogP contribution is -1.72. The van der Waals surface area contributed by atoms with Gasteiger partial charge >= 0.3 is 0 Å². The minimum atomic E-state index is 0.0462. The molecule has 0 aliphatic rings. The lowest BCUT2D eigenvalue weighted by molar-refractivity contribution is 0.343. The van der Waals surface area contributed by atoms with Gasteiger partial charge in [0, 0.05) is 0 Å². The van der Waals surface area contributed by atoms with Crippen molar-refractivity contribution >= 4 is 11.8 Å². The Morgan fingerprint density at radius 2 is 2.00 bits per heavy atom. The first-order chi connectivity index (χ1) is 5.86. The molecule has 0 fully saturated rings. The number of benzene rings is 1. The fourth-order valence-electron chi connectivity index (χ4n) is 0.849. The van der Waals surface area contributed by atoms with Gasteiger partial charge in [0.05, 0.1) is 13.2 Å². The summed E-state index contributed by atoms with van der Waals surface area (Å²) in [6.45, 7) is 6.77. The molecule has 0 atom stereocenters. The van der Waals surface area contributed by atoms with Crippen LogP contribution in [0.15, 0.2) is 30.3 Å². The summed E-state index contributed by atoms with van der Waals surface area (Å²) in [7, 11) is 0. The third-order valence-electron chi connectivity index (χ3n) is 1.44. The van der Waals surface area contributed by atoms with Crippen molar-refractivity contribution in [2.45, 2.75) is 0 Å². The van der Waals surface area contributed by atoms with Gasteiger partial charge in [0.1, 0.15) is 0 Å². The zero-order valence-corrected chi connectivity index (χ0v) is 6.57. The number of aliphatic hydroxyl groups is 1. The molecule has 2 heteroatoms. The van der Waals surface area contributed by atoms with Gasteiger partial charge in [-0.25, -0.2) is 4.85 Å². The predicted octanol–water partition coefficient (Wildman–Crippen LogP) is 2.24. The maximum absolute atomic E-state index is 8.49. The molecule has 1 N–H and O–H groups in total. The molecule has 0 spiro atoms. The van der Waals surface area contributed by atoms with Crippen molar-refractivity contribution in [2.24, 2.45) is 0 Å². The second-order valence-electron chi connectivity index (χ2n) is 2.29. The minimum Gasteiger partial charge on any atom is -0.392 e. The van der Waals surface area contributed by atoms with Gasteiger partial charge in [-0.15, -0.1) is 0 Å². The summed E-state index contributed by atoms with van der Waals surface area (Å²) in [5.74, 6) is 0. The SMILES string of the molecule is [C-]#[N+]c1ccc(/C=C/CO)cc1. The monoisotopic (exact) mass is 159 g/mol. The van der Waals surface area contributed by atoms with Crippen LogP contribution in [-0.2, 0) is 0 Å². The molecular formula is C10H9NO. The summed E-state index contributed by atoms with van der Waals surface area (Å²) in [4.78, 5) is 3.27. The first-order valence-corrected chi connectivity index (χ1v) is 3.62. The van der Waals surface area contributed by atoms with Gasteiger partial charge in [0.15, 0.2) is 5.69 Å². The van der Waals surface area contributed by atoms with Crippen molar-refractivity contribution in [2.75, 3.05) is 6.61 Å². The average molecular weight is 159 g/mol. The minimum absolute atomic E-state index is 0.0462. The molecule has 1 rings (SSSR count). The van der Waals surface area contributed by atoms with Gasteiger partial charge in [-0.05, 0) is 5.56 Å². The molecule has 0 aliphatic heterocycles. The molecule has 2 nitrogen and oxygen atoms in total. The summed E-state index contributed by atoms with van der Waals surface area (Å²) in [5.41, 5.74) is 1.63. The zero-order chi connectivity index (χ0) is 8.81. The Bertz CT molecular complexity index is 306. The smallest absolute Gasteiger partial charge is 0.187 e. The van der Waals surface area contributed by atoms with Crippen LogP contribution in [0.5, 0.6) is 0 Å². The molecule has 1 aromatic carbocycles. The van der Waals surface area contributed by atoms with E-state index in [2.05, 4.69) is 4.85 Å². The maximum atomic E-state index is 8.49. The van der Waals surface area contributed by atoms with Crippen molar-refractivity contribution in [3.05, 3.63) is 47.3 Å². The Morgan fingerprint density at radius 1 is 1.33 bits per heavy atom. The summed E-state index contributed by atoms with van der Waals surface area (Å²) in [5, 5.41) is 8.49. The third-order valence-corrected chi connectivity index (χ3v) is 1.44. The van der Waals surface area contributed by atoms with E-state index in [9.17, 15) is 0 Å². The zero-order valence-electron chi connectivity index (χ0n) is 6.57. The van der Waals surface area contributed by atoms with Crippen LogP contribution in [0.2, 0.25) is 0 Å². The van der Waals surface area contributed by atoms with Crippen molar-refractivity contribution in [3.8, 4) is 0 Å². The Balaban J connectivity index is 2.80. The summed E-state index contributed by atoms with van der Waals surface area (Å²) in [6, 6.07) is 7.20. The lowest BCUT2D eigenvalue weighted by atomic mass is 10.2. The summed E-state index contributed by atoms with van der Waals surface area (Å²) < 4.78 is 0. The van der Waals surface area contributed by atoms with Gasteiger partial charge in [-0.2, -0.15) is 0 Å². The molecule has 0 heterocycles. The standard InChI is InChI=1S/C10H9NO/c1-11-10-6-4-9(5-7-10)3-2-8-12/h2-7,12H,8H2/b3-2+. The second kappa shape index (κ2) is 4.32. The molecule has 0 unspecified atom stereocenters. The molecule has 0 aromatic heterocycles. The predicted molar refractivity (Wildman–Crippen MR) is 48.8 cm³/mol. The molecule has 0 amide bonds. The van der Waals surface area contributed by atoms with Crippen LogP contribution in [-0.4, -0.2) is 11.7 Å². The molecule has 0 saturated carbocycles. The molecule has 1 aromatic rings. The quantitative estimate of drug-likeness (QED) is 0.657. The van der Waals surface area contributed by atoms with Crippen molar-refractivity contribution < 1.29 is 5.11 Å². The average Bonchev–Trinajstić information content (AvgIpc) is 2.15. The topological polar surface area (TPSA) is 24.6 Å². The van der Waals surface area contributed by atoms with E-state index < -0.39 is 0 Å². The highest BCUT2D eigenvalue weighted by atomic mass is 16.2. The van der Waals surface area contributed by atoms with E-state index in [-0.39, 0.29) is 6.61 Å². The largest absolute Gasteiger partial charge is 0.392 e. The molecule has 0 radical (unpaired) electrons. The van der Waals surface area contributed by atoms with E-state index in [1.165, 1.54) is 0 Å². The van der Waals surface area contributed by atoms with E-state index in [0.29, 0.717) is 5.69 Å². The van der Waals surface area contributed by atoms with Gasteiger partial charge in [0.25, 0.3) is 0 Å². The third kappa shape index (κ3) is 2.22. The highest BCUT2D eigenvalue weighted by molar-refractivity contribution is 5.55. The van der Waals surface area contributed by atoms with E-state index in [0.717, 1.165) is 5.56 Å². The van der Waals surface area contributed by atoms with E-state index in [1.54, 1.807) is 18.2 Å². The van der Waals surface area contributed by atoms with Crippen LogP contribution in [0.1, 0.15) is 5.56 Å². The number of hydrogen-bond acceptors (Lipinski definition) is 1. The van der Waals surface area contributed by atoms with E-state index >= 15 is 0 Å². The van der Waals surface area contributed by atoms with Crippen LogP contribution in [0, 0.1) is 6.57 Å². The fourth-order valence-corrected chi connectivity index (χ4v) is 0.849. The van der Waals surface area contributed by atoms with Crippen LogP contribution in [0.3, 0.4) is 0 Å². The van der Waals surface area contributed by atoms with Gasteiger partial charge in [-0.3, -0.25) is 0 Å². The van der Waals surface area contributed by atoms with Crippen LogP contribution >= 0.6 is 0 Å². The Kier molecular flexibility index (Phi) is 3.06. The molecule has 12 heavy (non-hydrogen) atoms. The second-order valence-corrected chi connectivity index (χ2v) is 2.29. The van der Waals surface area contributed by atoms with Crippen LogP contribution < -0.4 is 0 Å². The van der Waals surface area contributed by atoms with E-state index in [1.807, 2.05) is 18.2 Å². The van der Waals surface area contributed by atoms with Gasteiger partial charge in [-0.1, -0.05) is 36.4 Å². The highest BCUT2D eigenvalue weighted by Crippen LogP contribution is 2.13. The van der Waals surface area contributed by atoms with Gasteiger partial charge < -0.3 is 5.11 Å². The Labute approximate surface area is 71.6 Å². The van der Waals surface area contributed by atoms with Crippen molar-refractivity contribution in [1.82, 2.24) is 0 Å². The molecule has 0 bridgehead atoms. The van der Waals surface area contributed by atoms with Gasteiger partial charge in [0.2, 0.25) is 0 Å². The number of aliphatic hydroxyl groups excluding tert-OH is 1. The normalized spacial score (nSPS) is 10.0. The molecule has 60 valence electrons. The molecule has 0 saturated heterocycles. The van der Waals surface area contributed by atoms with Crippen molar-refractivity contribution in [3.63, 3.8) is 0 Å². The maximum Gasteiger partial charge on any atom is 0.187 e. The Hall–Kier alpha value is -1.59. The lowest BCUT2D eigenvalue weighted by Gasteiger charge is -1.91. The van der Waals surface area contributed by atoms with E-state index in [4.69, 9.17) is 11.7 Å². The Morgan fingerprint density at radius 3 is 2.50 bits per heavy atom. The number of nitrogens with zero attached hydrogens (tertiary/aromatic N) is 1. The highest BCUT2D eigenvalue weighted by Gasteiger charge is 1.88.